The van der Waals surface area contributed by atoms with Crippen LogP contribution in [0.2, 0.25) is 0 Å². The number of anilines is 1. The van der Waals surface area contributed by atoms with Crippen molar-refractivity contribution in [1.29, 1.82) is 0 Å². The topological polar surface area (TPSA) is 41.1 Å². The highest BCUT2D eigenvalue weighted by molar-refractivity contribution is 5.99. The van der Waals surface area contributed by atoms with E-state index in [0.29, 0.717) is 5.41 Å². The number of nitrogens with one attached hydrogen (secondary N) is 2. The van der Waals surface area contributed by atoms with Gasteiger partial charge < -0.3 is 10.6 Å². The third-order valence-corrected chi connectivity index (χ3v) is 3.57. The zero-order valence-corrected chi connectivity index (χ0v) is 11.5. The van der Waals surface area contributed by atoms with Crippen molar-refractivity contribution in [3.8, 4) is 0 Å². The first-order valence-electron chi connectivity index (χ1n) is 6.67. The maximum Gasteiger partial charge on any atom is 0.253 e. The zero-order chi connectivity index (χ0) is 13.2. The summed E-state index contributed by atoms with van der Waals surface area (Å²) in [6.45, 7) is 7.86. The molecule has 0 spiro atoms. The van der Waals surface area contributed by atoms with Crippen LogP contribution in [0.3, 0.4) is 0 Å². The number of carbonyl (C=O) groups is 1. The maximum absolute atomic E-state index is 12.2. The molecule has 18 heavy (non-hydrogen) atoms. The quantitative estimate of drug-likeness (QED) is 0.838. The van der Waals surface area contributed by atoms with Crippen LogP contribution in [0.1, 0.15) is 42.6 Å². The molecule has 0 atom stereocenters. The predicted octanol–water partition coefficient (Wildman–Crippen LogP) is 2.96. The molecule has 98 valence electrons. The fraction of sp³-hybridized carbons (Fsp3) is 0.533. The van der Waals surface area contributed by atoms with Gasteiger partial charge in [-0.05, 0) is 44.2 Å². The summed E-state index contributed by atoms with van der Waals surface area (Å²) in [4.78, 5) is 12.2. The molecule has 1 aromatic carbocycles. The minimum atomic E-state index is 0.0303. The molecule has 0 unspecified atom stereocenters. The van der Waals surface area contributed by atoms with Crippen LogP contribution in [0.15, 0.2) is 18.2 Å². The Bertz CT molecular complexity index is 450. The summed E-state index contributed by atoms with van der Waals surface area (Å²) in [6, 6.07) is 5.95. The maximum atomic E-state index is 12.2. The summed E-state index contributed by atoms with van der Waals surface area (Å²) in [7, 11) is 0. The highest BCUT2D eigenvalue weighted by Gasteiger charge is 2.37. The van der Waals surface area contributed by atoms with Gasteiger partial charge in [0.15, 0.2) is 0 Å². The number of hydrogen-bond donors (Lipinski definition) is 2. The average molecular weight is 246 g/mol. The molecule has 0 radical (unpaired) electrons. The number of amides is 1. The third-order valence-electron chi connectivity index (χ3n) is 3.57. The molecule has 1 aromatic rings. The van der Waals surface area contributed by atoms with Gasteiger partial charge >= 0.3 is 0 Å². The van der Waals surface area contributed by atoms with Crippen LogP contribution in [0.5, 0.6) is 0 Å². The van der Waals surface area contributed by atoms with Gasteiger partial charge in [-0.15, -0.1) is 0 Å². The van der Waals surface area contributed by atoms with Gasteiger partial charge in [-0.2, -0.15) is 0 Å². The van der Waals surface area contributed by atoms with E-state index in [-0.39, 0.29) is 5.91 Å². The molecule has 3 nitrogen and oxygen atoms in total. The molecule has 0 aliphatic heterocycles. The van der Waals surface area contributed by atoms with E-state index in [2.05, 4.69) is 17.6 Å². The number of hydrogen-bond acceptors (Lipinski definition) is 2. The smallest absolute Gasteiger partial charge is 0.253 e. The van der Waals surface area contributed by atoms with Gasteiger partial charge in [0.05, 0.1) is 5.56 Å². The molecular weight excluding hydrogens is 224 g/mol. The van der Waals surface area contributed by atoms with Gasteiger partial charge in [0.1, 0.15) is 0 Å². The Labute approximate surface area is 109 Å². The lowest BCUT2D eigenvalue weighted by Crippen LogP contribution is -2.29. The summed E-state index contributed by atoms with van der Waals surface area (Å²) in [5.41, 5.74) is 3.12. The Morgan fingerprint density at radius 3 is 2.72 bits per heavy atom. The number of carbonyl (C=O) groups excluding carboxylic acids is 1. The van der Waals surface area contributed by atoms with E-state index in [4.69, 9.17) is 0 Å². The Morgan fingerprint density at radius 2 is 2.11 bits per heavy atom. The molecule has 0 saturated heterocycles. The molecule has 1 amide bonds. The first-order chi connectivity index (χ1) is 8.54. The first kappa shape index (κ1) is 12.9. The normalized spacial score (nSPS) is 16.2. The second kappa shape index (κ2) is 5.01. The number of benzene rings is 1. The largest absolute Gasteiger partial charge is 0.385 e. The summed E-state index contributed by atoms with van der Waals surface area (Å²) in [5.74, 6) is 0.0303. The first-order valence-corrected chi connectivity index (χ1v) is 6.67. The molecular formula is C15H22N2O. The SMILES string of the molecule is CCNc1ccc(C)cc1C(=O)NCC1(C)CC1. The Hall–Kier alpha value is -1.51. The summed E-state index contributed by atoms with van der Waals surface area (Å²) < 4.78 is 0. The van der Waals surface area contributed by atoms with Gasteiger partial charge in [0.2, 0.25) is 0 Å². The lowest BCUT2D eigenvalue weighted by atomic mass is 10.1. The van der Waals surface area contributed by atoms with Crippen LogP contribution in [0.4, 0.5) is 5.69 Å². The molecule has 2 rings (SSSR count). The molecule has 2 N–H and O–H groups in total. The van der Waals surface area contributed by atoms with Crippen molar-refractivity contribution in [3.63, 3.8) is 0 Å². The standard InChI is InChI=1S/C15H22N2O/c1-4-16-13-6-5-11(2)9-12(13)14(18)17-10-15(3)7-8-15/h5-6,9,16H,4,7-8,10H2,1-3H3,(H,17,18). The van der Waals surface area contributed by atoms with E-state index in [1.807, 2.05) is 32.0 Å². The Morgan fingerprint density at radius 1 is 1.39 bits per heavy atom. The van der Waals surface area contributed by atoms with Gasteiger partial charge in [-0.1, -0.05) is 18.6 Å². The zero-order valence-electron chi connectivity index (χ0n) is 11.5. The van der Waals surface area contributed by atoms with Crippen LogP contribution in [-0.2, 0) is 0 Å². The van der Waals surface area contributed by atoms with Crippen molar-refractivity contribution >= 4 is 11.6 Å². The minimum absolute atomic E-state index is 0.0303. The van der Waals surface area contributed by atoms with Crippen molar-refractivity contribution in [1.82, 2.24) is 5.32 Å². The van der Waals surface area contributed by atoms with E-state index in [9.17, 15) is 4.79 Å². The summed E-state index contributed by atoms with van der Waals surface area (Å²) in [5, 5.41) is 6.28. The molecule has 1 aliphatic carbocycles. The van der Waals surface area contributed by atoms with Crippen LogP contribution in [-0.4, -0.2) is 19.0 Å². The molecule has 0 heterocycles. The highest BCUT2D eigenvalue weighted by Crippen LogP contribution is 2.44. The Balaban J connectivity index is 2.09. The van der Waals surface area contributed by atoms with Crippen molar-refractivity contribution in [3.05, 3.63) is 29.3 Å². The lowest BCUT2D eigenvalue weighted by Gasteiger charge is -2.14. The molecule has 0 aromatic heterocycles. The van der Waals surface area contributed by atoms with E-state index >= 15 is 0 Å². The van der Waals surface area contributed by atoms with E-state index in [1.165, 1.54) is 12.8 Å². The van der Waals surface area contributed by atoms with Crippen molar-refractivity contribution in [2.45, 2.75) is 33.6 Å². The van der Waals surface area contributed by atoms with Crippen LogP contribution in [0.25, 0.3) is 0 Å². The van der Waals surface area contributed by atoms with Crippen LogP contribution < -0.4 is 10.6 Å². The third kappa shape index (κ3) is 3.03. The number of rotatable bonds is 5. The van der Waals surface area contributed by atoms with E-state index < -0.39 is 0 Å². The monoisotopic (exact) mass is 246 g/mol. The number of aryl methyl sites for hydroxylation is 1. The molecule has 1 fully saturated rings. The van der Waals surface area contributed by atoms with Crippen LogP contribution >= 0.6 is 0 Å². The molecule has 3 heteroatoms. The molecule has 1 saturated carbocycles. The summed E-state index contributed by atoms with van der Waals surface area (Å²) in [6.07, 6.45) is 2.45. The fourth-order valence-electron chi connectivity index (χ4n) is 1.97. The molecule has 1 aliphatic rings. The predicted molar refractivity (Wildman–Crippen MR) is 75.0 cm³/mol. The van der Waals surface area contributed by atoms with Gasteiger partial charge in [0.25, 0.3) is 5.91 Å². The van der Waals surface area contributed by atoms with Crippen molar-refractivity contribution < 1.29 is 4.79 Å². The van der Waals surface area contributed by atoms with Crippen LogP contribution in [0, 0.1) is 12.3 Å². The van der Waals surface area contributed by atoms with Gasteiger partial charge in [0, 0.05) is 18.8 Å². The minimum Gasteiger partial charge on any atom is -0.385 e. The van der Waals surface area contributed by atoms with Crippen molar-refractivity contribution in [2.24, 2.45) is 5.41 Å². The summed E-state index contributed by atoms with van der Waals surface area (Å²) >= 11 is 0. The Kier molecular flexibility index (Phi) is 3.60. The van der Waals surface area contributed by atoms with Gasteiger partial charge in [-0.3, -0.25) is 4.79 Å². The lowest BCUT2D eigenvalue weighted by molar-refractivity contribution is 0.0947. The average Bonchev–Trinajstić information content (AvgIpc) is 3.07. The molecule has 0 bridgehead atoms. The van der Waals surface area contributed by atoms with Crippen molar-refractivity contribution in [2.75, 3.05) is 18.4 Å². The van der Waals surface area contributed by atoms with Gasteiger partial charge in [-0.25, -0.2) is 0 Å². The highest BCUT2D eigenvalue weighted by atomic mass is 16.1. The van der Waals surface area contributed by atoms with E-state index in [1.54, 1.807) is 0 Å². The second-order valence-corrected chi connectivity index (χ2v) is 5.57. The second-order valence-electron chi connectivity index (χ2n) is 5.57. The van der Waals surface area contributed by atoms with E-state index in [0.717, 1.165) is 29.9 Å². The fourth-order valence-corrected chi connectivity index (χ4v) is 1.97.